The fourth-order valence-corrected chi connectivity index (χ4v) is 3.86. The van der Waals surface area contributed by atoms with Crippen molar-refractivity contribution in [2.75, 3.05) is 23.7 Å². The molecule has 1 fully saturated rings. The van der Waals surface area contributed by atoms with Gasteiger partial charge in [-0.1, -0.05) is 12.1 Å². The molecule has 6 heteroatoms. The Balaban J connectivity index is 1.47. The molecule has 1 saturated heterocycles. The number of rotatable bonds is 7. The Bertz CT molecular complexity index is 773. The van der Waals surface area contributed by atoms with E-state index in [4.69, 9.17) is 4.42 Å². The molecule has 0 unspecified atom stereocenters. The average Bonchev–Trinajstić information content (AvgIpc) is 3.27. The van der Waals surface area contributed by atoms with Gasteiger partial charge in [-0.25, -0.2) is 0 Å². The molecule has 1 aromatic heterocycles. The van der Waals surface area contributed by atoms with Gasteiger partial charge in [0.1, 0.15) is 5.76 Å². The second kappa shape index (κ2) is 8.45. The minimum atomic E-state index is -0.280. The number of hydrogen-bond donors (Lipinski definition) is 1. The first-order valence-electron chi connectivity index (χ1n) is 8.80. The zero-order chi connectivity index (χ0) is 18.5. The van der Waals surface area contributed by atoms with Gasteiger partial charge in [0.05, 0.1) is 17.9 Å². The highest BCUT2D eigenvalue weighted by Gasteiger charge is 2.35. The second-order valence-electron chi connectivity index (χ2n) is 6.55. The molecule has 0 spiro atoms. The Morgan fingerprint density at radius 2 is 2.15 bits per heavy atom. The number of carbonyl (C=O) groups is 2. The normalized spacial score (nSPS) is 16.9. The third-order valence-corrected chi connectivity index (χ3v) is 5.71. The van der Waals surface area contributed by atoms with E-state index in [1.807, 2.05) is 44.2 Å². The molecule has 2 aromatic rings. The van der Waals surface area contributed by atoms with Crippen LogP contribution in [0.2, 0.25) is 0 Å². The van der Waals surface area contributed by atoms with Gasteiger partial charge < -0.3 is 14.6 Å². The van der Waals surface area contributed by atoms with E-state index in [0.717, 1.165) is 34.1 Å². The molecule has 138 valence electrons. The molecule has 3 rings (SSSR count). The number of benzene rings is 1. The highest BCUT2D eigenvalue weighted by Crippen LogP contribution is 2.29. The molecule has 0 aliphatic carbocycles. The van der Waals surface area contributed by atoms with Crippen LogP contribution in [0.4, 0.5) is 5.69 Å². The summed E-state index contributed by atoms with van der Waals surface area (Å²) in [6.45, 7) is 5.10. The minimum absolute atomic E-state index is 0.0195. The Morgan fingerprint density at radius 1 is 1.31 bits per heavy atom. The SMILES string of the molecule is Cc1cccc(N2C[C@H](C(=O)NCCSCc3ccco3)CC2=O)c1C. The summed E-state index contributed by atoms with van der Waals surface area (Å²) in [6, 6.07) is 9.75. The van der Waals surface area contributed by atoms with Crippen molar-refractivity contribution >= 4 is 29.3 Å². The van der Waals surface area contributed by atoms with E-state index >= 15 is 0 Å². The van der Waals surface area contributed by atoms with Crippen LogP contribution in [0.3, 0.4) is 0 Å². The van der Waals surface area contributed by atoms with Gasteiger partial charge in [0.2, 0.25) is 11.8 Å². The van der Waals surface area contributed by atoms with Gasteiger partial charge in [-0.3, -0.25) is 9.59 Å². The van der Waals surface area contributed by atoms with Crippen molar-refractivity contribution < 1.29 is 14.0 Å². The maximum absolute atomic E-state index is 12.4. The lowest BCUT2D eigenvalue weighted by Gasteiger charge is -2.20. The van der Waals surface area contributed by atoms with Crippen molar-refractivity contribution in [2.45, 2.75) is 26.0 Å². The van der Waals surface area contributed by atoms with E-state index < -0.39 is 0 Å². The number of furan rings is 1. The maximum atomic E-state index is 12.4. The Morgan fingerprint density at radius 3 is 2.92 bits per heavy atom. The van der Waals surface area contributed by atoms with Crippen molar-refractivity contribution in [3.8, 4) is 0 Å². The number of carbonyl (C=O) groups excluding carboxylic acids is 2. The highest BCUT2D eigenvalue weighted by atomic mass is 32.2. The van der Waals surface area contributed by atoms with Gasteiger partial charge in [-0.15, -0.1) is 0 Å². The predicted molar refractivity (Wildman–Crippen MR) is 104 cm³/mol. The molecule has 1 aliphatic heterocycles. The summed E-state index contributed by atoms with van der Waals surface area (Å²) in [6.07, 6.45) is 1.94. The maximum Gasteiger partial charge on any atom is 0.227 e. The van der Waals surface area contributed by atoms with Gasteiger partial charge in [-0.2, -0.15) is 11.8 Å². The van der Waals surface area contributed by atoms with Gasteiger partial charge in [0, 0.05) is 31.0 Å². The van der Waals surface area contributed by atoms with Gasteiger partial charge in [0.15, 0.2) is 0 Å². The molecule has 0 bridgehead atoms. The monoisotopic (exact) mass is 372 g/mol. The molecule has 2 amide bonds. The lowest BCUT2D eigenvalue weighted by Crippen LogP contribution is -2.34. The minimum Gasteiger partial charge on any atom is -0.468 e. The molecule has 0 saturated carbocycles. The molecule has 0 radical (unpaired) electrons. The average molecular weight is 372 g/mol. The second-order valence-corrected chi connectivity index (χ2v) is 7.65. The van der Waals surface area contributed by atoms with E-state index in [-0.39, 0.29) is 24.2 Å². The van der Waals surface area contributed by atoms with Crippen LogP contribution in [0.1, 0.15) is 23.3 Å². The van der Waals surface area contributed by atoms with Crippen molar-refractivity contribution in [3.05, 3.63) is 53.5 Å². The molecule has 1 N–H and O–H groups in total. The number of hydrogen-bond acceptors (Lipinski definition) is 4. The fourth-order valence-electron chi connectivity index (χ4n) is 3.10. The Hall–Kier alpha value is -2.21. The van der Waals surface area contributed by atoms with Crippen molar-refractivity contribution in [1.29, 1.82) is 0 Å². The van der Waals surface area contributed by atoms with Crippen LogP contribution in [0, 0.1) is 19.8 Å². The molecular weight excluding hydrogens is 348 g/mol. The molecule has 1 aromatic carbocycles. The van der Waals surface area contributed by atoms with Crippen molar-refractivity contribution in [1.82, 2.24) is 5.32 Å². The quantitative estimate of drug-likeness (QED) is 0.758. The zero-order valence-corrected chi connectivity index (χ0v) is 16.0. The van der Waals surface area contributed by atoms with Gasteiger partial charge in [-0.05, 0) is 43.2 Å². The first-order chi connectivity index (χ1) is 12.6. The Kier molecular flexibility index (Phi) is 6.04. The molecule has 2 heterocycles. The zero-order valence-electron chi connectivity index (χ0n) is 15.2. The number of anilines is 1. The predicted octanol–water partition coefficient (Wildman–Crippen LogP) is 3.30. The first-order valence-corrected chi connectivity index (χ1v) is 9.96. The summed E-state index contributed by atoms with van der Waals surface area (Å²) in [5.74, 6) is 2.25. The lowest BCUT2D eigenvalue weighted by atomic mass is 10.1. The van der Waals surface area contributed by atoms with E-state index in [9.17, 15) is 9.59 Å². The van der Waals surface area contributed by atoms with Crippen LogP contribution in [-0.2, 0) is 15.3 Å². The largest absolute Gasteiger partial charge is 0.468 e. The summed E-state index contributed by atoms with van der Waals surface area (Å²) < 4.78 is 5.27. The molecular formula is C20H24N2O3S. The molecule has 26 heavy (non-hydrogen) atoms. The first kappa shape index (κ1) is 18.6. The molecule has 5 nitrogen and oxygen atoms in total. The van der Waals surface area contributed by atoms with E-state index in [2.05, 4.69) is 5.32 Å². The summed E-state index contributed by atoms with van der Waals surface area (Å²) >= 11 is 1.71. The topological polar surface area (TPSA) is 62.6 Å². The van der Waals surface area contributed by atoms with Crippen molar-refractivity contribution in [3.63, 3.8) is 0 Å². The number of amides is 2. The fraction of sp³-hybridized carbons (Fsp3) is 0.400. The van der Waals surface area contributed by atoms with Crippen LogP contribution >= 0.6 is 11.8 Å². The third-order valence-electron chi connectivity index (χ3n) is 4.73. The highest BCUT2D eigenvalue weighted by molar-refractivity contribution is 7.98. The van der Waals surface area contributed by atoms with Gasteiger partial charge >= 0.3 is 0 Å². The van der Waals surface area contributed by atoms with Gasteiger partial charge in [0.25, 0.3) is 0 Å². The van der Waals surface area contributed by atoms with Crippen molar-refractivity contribution in [2.24, 2.45) is 5.92 Å². The number of nitrogens with zero attached hydrogens (tertiary/aromatic N) is 1. The van der Waals surface area contributed by atoms with Crippen LogP contribution in [-0.4, -0.2) is 30.7 Å². The molecule has 1 atom stereocenters. The van der Waals surface area contributed by atoms with E-state index in [0.29, 0.717) is 13.1 Å². The standard InChI is InChI=1S/C20H24N2O3S/c1-14-5-3-7-18(15(14)2)22-12-16(11-19(22)23)20(24)21-8-10-26-13-17-6-4-9-25-17/h3-7,9,16H,8,10-13H2,1-2H3,(H,21,24)/t16-/m1/s1. The smallest absolute Gasteiger partial charge is 0.227 e. The Labute approximate surface area is 158 Å². The number of nitrogens with one attached hydrogen (secondary N) is 1. The van der Waals surface area contributed by atoms with E-state index in [1.165, 1.54) is 0 Å². The summed E-state index contributed by atoms with van der Waals surface area (Å²) in [7, 11) is 0. The lowest BCUT2D eigenvalue weighted by molar-refractivity contribution is -0.126. The molecule has 1 aliphatic rings. The third kappa shape index (κ3) is 4.30. The number of thioether (sulfide) groups is 1. The van der Waals surface area contributed by atoms with Crippen LogP contribution in [0.5, 0.6) is 0 Å². The number of aryl methyl sites for hydroxylation is 1. The summed E-state index contributed by atoms with van der Waals surface area (Å²) in [4.78, 5) is 26.5. The van der Waals surface area contributed by atoms with Crippen LogP contribution in [0.25, 0.3) is 0 Å². The van der Waals surface area contributed by atoms with Crippen LogP contribution < -0.4 is 10.2 Å². The van der Waals surface area contributed by atoms with E-state index in [1.54, 1.807) is 22.9 Å². The van der Waals surface area contributed by atoms with Crippen LogP contribution in [0.15, 0.2) is 41.0 Å². The summed E-state index contributed by atoms with van der Waals surface area (Å²) in [5.41, 5.74) is 3.16. The summed E-state index contributed by atoms with van der Waals surface area (Å²) in [5, 5.41) is 2.95.